The lowest BCUT2D eigenvalue weighted by Crippen LogP contribution is -2.63. The van der Waals surface area contributed by atoms with E-state index < -0.39 is 46.9 Å². The molecule has 1 aromatic carbocycles. The van der Waals surface area contributed by atoms with Crippen molar-refractivity contribution in [3.8, 4) is 0 Å². The Kier molecular flexibility index (Phi) is 8.12. The first-order valence-corrected chi connectivity index (χ1v) is 15.1. The fraction of sp³-hybridized carbons (Fsp3) is 0.588. The third kappa shape index (κ3) is 5.11. The molecule has 7 nitrogen and oxygen atoms in total. The van der Waals surface area contributed by atoms with Gasteiger partial charge in [-0.15, -0.1) is 0 Å². The molecule has 7 atom stereocenters. The van der Waals surface area contributed by atoms with Crippen molar-refractivity contribution in [2.24, 2.45) is 28.6 Å². The first-order valence-electron chi connectivity index (χ1n) is 15.1. The molecule has 220 valence electrons. The first-order chi connectivity index (χ1) is 19.5. The maximum atomic E-state index is 14.1. The lowest BCUT2D eigenvalue weighted by Gasteiger charge is -2.59. The zero-order valence-electron chi connectivity index (χ0n) is 24.4. The van der Waals surface area contributed by atoms with Gasteiger partial charge in [0.1, 0.15) is 0 Å². The summed E-state index contributed by atoms with van der Waals surface area (Å²) in [7, 11) is 0. The number of hydrogen-bond donors (Lipinski definition) is 1. The van der Waals surface area contributed by atoms with Crippen LogP contribution in [0.1, 0.15) is 77.7 Å². The molecule has 3 saturated carbocycles. The van der Waals surface area contributed by atoms with E-state index in [0.29, 0.717) is 19.3 Å². The van der Waals surface area contributed by atoms with Gasteiger partial charge in [-0.2, -0.15) is 0 Å². The van der Waals surface area contributed by atoms with Crippen molar-refractivity contribution in [3.05, 3.63) is 59.7 Å². The van der Waals surface area contributed by atoms with Crippen LogP contribution in [0.25, 0.3) is 0 Å². The van der Waals surface area contributed by atoms with Gasteiger partial charge in [0.25, 0.3) is 0 Å². The van der Waals surface area contributed by atoms with Crippen molar-refractivity contribution in [1.82, 2.24) is 0 Å². The van der Waals surface area contributed by atoms with Crippen molar-refractivity contribution in [1.29, 1.82) is 0 Å². The van der Waals surface area contributed by atoms with Gasteiger partial charge in [0.2, 0.25) is 5.78 Å². The normalized spacial score (nSPS) is 35.5. The third-order valence-corrected chi connectivity index (χ3v) is 10.6. The van der Waals surface area contributed by atoms with Crippen LogP contribution in [0.4, 0.5) is 0 Å². The number of carbonyl (C=O) groups is 4. The second kappa shape index (κ2) is 11.3. The van der Waals surface area contributed by atoms with Gasteiger partial charge in [0, 0.05) is 23.2 Å². The summed E-state index contributed by atoms with van der Waals surface area (Å²) in [5, 5.41) is 11.8. The van der Waals surface area contributed by atoms with Crippen LogP contribution in [0.5, 0.6) is 0 Å². The molecule has 0 radical (unpaired) electrons. The molecule has 3 fully saturated rings. The second-order valence-corrected chi connectivity index (χ2v) is 12.9. The van der Waals surface area contributed by atoms with E-state index in [1.54, 1.807) is 12.2 Å². The summed E-state index contributed by atoms with van der Waals surface area (Å²) in [6.45, 7) is 5.60. The Morgan fingerprint density at radius 1 is 1.07 bits per heavy atom. The predicted octanol–water partition coefficient (Wildman–Crippen LogP) is 5.09. The van der Waals surface area contributed by atoms with Crippen molar-refractivity contribution < 1.29 is 33.8 Å². The van der Waals surface area contributed by atoms with E-state index in [-0.39, 0.29) is 42.8 Å². The minimum atomic E-state index is -1.48. The van der Waals surface area contributed by atoms with E-state index in [1.165, 1.54) is 0 Å². The summed E-state index contributed by atoms with van der Waals surface area (Å²) >= 11 is 0. The molecule has 0 aromatic heterocycles. The highest BCUT2D eigenvalue weighted by Gasteiger charge is 2.70. The third-order valence-electron chi connectivity index (χ3n) is 10.6. The van der Waals surface area contributed by atoms with E-state index in [0.717, 1.165) is 30.4 Å². The molecular weight excluding hydrogens is 520 g/mol. The molecule has 5 rings (SSSR count). The average Bonchev–Trinajstić information content (AvgIpc) is 3.23. The van der Waals surface area contributed by atoms with E-state index in [1.807, 2.05) is 50.3 Å². The van der Waals surface area contributed by atoms with E-state index >= 15 is 0 Å². The fourth-order valence-electron chi connectivity index (χ4n) is 8.64. The van der Waals surface area contributed by atoms with Crippen LogP contribution in [-0.2, 0) is 35.1 Å². The summed E-state index contributed by atoms with van der Waals surface area (Å²) < 4.78 is 11.7. The van der Waals surface area contributed by atoms with Crippen molar-refractivity contribution in [2.45, 2.75) is 90.3 Å². The van der Waals surface area contributed by atoms with Crippen LogP contribution in [0.15, 0.2) is 54.1 Å². The van der Waals surface area contributed by atoms with E-state index in [2.05, 4.69) is 6.92 Å². The van der Waals surface area contributed by atoms with Gasteiger partial charge in [-0.05, 0) is 68.1 Å². The number of ketones is 2. The molecular formula is C34H42O7. The topological polar surface area (TPSA) is 107 Å². The minimum Gasteiger partial charge on any atom is -0.457 e. The molecule has 7 heteroatoms. The number of aliphatic hydroxyl groups excluding tert-OH is 1. The fourth-order valence-corrected chi connectivity index (χ4v) is 8.64. The van der Waals surface area contributed by atoms with Crippen LogP contribution < -0.4 is 0 Å². The molecule has 41 heavy (non-hydrogen) atoms. The zero-order chi connectivity index (χ0) is 29.4. The monoisotopic (exact) mass is 562 g/mol. The number of aliphatic hydroxyl groups is 1. The van der Waals surface area contributed by atoms with Gasteiger partial charge in [0.15, 0.2) is 18.0 Å². The standard InChI is InChI=1S/C34H42O7/c1-4-5-11-29(38)41-34(28(37)21-40-30(39)18-22-9-7-6-8-10-22)17-15-26-25-13-12-23-19-24(35)14-16-32(23,2)31(25)27(36)20-33(26,34)3/h6-10,14,16,19,25-27,31,36H,4-5,11-13,15,17-18,20-21H2,1-3H3/t25-,26-,27-,31+,32-,33-,34+/m0/s1. The first kappa shape index (κ1) is 29.4. The van der Waals surface area contributed by atoms with Crippen LogP contribution in [0.3, 0.4) is 0 Å². The number of allylic oxidation sites excluding steroid dienone is 4. The Bertz CT molecular complexity index is 1260. The molecule has 0 unspecified atom stereocenters. The number of carbonyl (C=O) groups excluding carboxylic acids is 4. The highest BCUT2D eigenvalue weighted by atomic mass is 16.6. The Hall–Kier alpha value is -3.06. The average molecular weight is 563 g/mol. The van der Waals surface area contributed by atoms with Crippen LogP contribution in [0.2, 0.25) is 0 Å². The lowest BCUT2D eigenvalue weighted by atomic mass is 9.46. The minimum absolute atomic E-state index is 0.0163. The lowest BCUT2D eigenvalue weighted by molar-refractivity contribution is -0.201. The number of unbranched alkanes of at least 4 members (excludes halogenated alkanes) is 1. The Balaban J connectivity index is 1.42. The molecule has 1 aromatic rings. The van der Waals surface area contributed by atoms with Gasteiger partial charge >= 0.3 is 11.9 Å². The molecule has 0 saturated heterocycles. The molecule has 4 aliphatic rings. The van der Waals surface area contributed by atoms with Crippen molar-refractivity contribution in [2.75, 3.05) is 6.61 Å². The van der Waals surface area contributed by atoms with Crippen LogP contribution in [-0.4, -0.2) is 46.9 Å². The quantitative estimate of drug-likeness (QED) is 0.418. The van der Waals surface area contributed by atoms with Gasteiger partial charge in [-0.1, -0.05) is 69.2 Å². The van der Waals surface area contributed by atoms with E-state index in [9.17, 15) is 24.3 Å². The van der Waals surface area contributed by atoms with Crippen LogP contribution >= 0.6 is 0 Å². The zero-order valence-corrected chi connectivity index (χ0v) is 24.4. The molecule has 0 heterocycles. The highest BCUT2D eigenvalue weighted by molar-refractivity contribution is 6.01. The maximum Gasteiger partial charge on any atom is 0.310 e. The summed E-state index contributed by atoms with van der Waals surface area (Å²) in [5.74, 6) is -1.35. The number of benzene rings is 1. The molecule has 0 amide bonds. The molecule has 0 bridgehead atoms. The predicted molar refractivity (Wildman–Crippen MR) is 152 cm³/mol. The SMILES string of the molecule is CCCCC(=O)O[C@@]1(C(=O)COC(=O)Cc2ccccc2)CC[C@H]2[C@@H]3CCC4=CC(=O)C=C[C@]4(C)[C@H]3[C@@H](O)C[C@@]21C. The molecule has 4 aliphatic carbocycles. The van der Waals surface area contributed by atoms with Crippen LogP contribution in [0, 0.1) is 28.6 Å². The number of hydrogen-bond acceptors (Lipinski definition) is 7. The molecule has 1 N–H and O–H groups in total. The maximum absolute atomic E-state index is 14.1. The molecule has 0 spiro atoms. The smallest absolute Gasteiger partial charge is 0.310 e. The number of esters is 2. The van der Waals surface area contributed by atoms with Crippen molar-refractivity contribution in [3.63, 3.8) is 0 Å². The highest BCUT2D eigenvalue weighted by Crippen LogP contribution is 2.68. The molecule has 0 aliphatic heterocycles. The van der Waals surface area contributed by atoms with Gasteiger partial charge in [-0.3, -0.25) is 19.2 Å². The van der Waals surface area contributed by atoms with Gasteiger partial charge in [0.05, 0.1) is 12.5 Å². The number of fused-ring (bicyclic) bond motifs is 5. The summed E-state index contributed by atoms with van der Waals surface area (Å²) in [4.78, 5) is 52.0. The summed E-state index contributed by atoms with van der Waals surface area (Å²) in [5.41, 5.74) is -0.873. The second-order valence-electron chi connectivity index (χ2n) is 12.9. The largest absolute Gasteiger partial charge is 0.457 e. The summed E-state index contributed by atoms with van der Waals surface area (Å²) in [6, 6.07) is 9.19. The van der Waals surface area contributed by atoms with Gasteiger partial charge in [-0.25, -0.2) is 0 Å². The van der Waals surface area contributed by atoms with Crippen molar-refractivity contribution >= 4 is 23.5 Å². The number of Topliss-reactive ketones (excluding diaryl/α,β-unsaturated/α-hetero) is 1. The van der Waals surface area contributed by atoms with Gasteiger partial charge < -0.3 is 14.6 Å². The Morgan fingerprint density at radius 2 is 1.83 bits per heavy atom. The van der Waals surface area contributed by atoms with E-state index in [4.69, 9.17) is 9.47 Å². The Labute approximate surface area is 242 Å². The number of rotatable bonds is 9. The number of ether oxygens (including phenoxy) is 2. The summed E-state index contributed by atoms with van der Waals surface area (Å²) in [6.07, 6.45) is 9.10. The Morgan fingerprint density at radius 3 is 2.56 bits per heavy atom.